The summed E-state index contributed by atoms with van der Waals surface area (Å²) in [6.07, 6.45) is 1.56. The van der Waals surface area contributed by atoms with Gasteiger partial charge in [0.25, 0.3) is 0 Å². The lowest BCUT2D eigenvalue weighted by atomic mass is 10.0. The molecule has 0 aromatic rings. The molecule has 1 aliphatic rings. The Morgan fingerprint density at radius 2 is 2.19 bits per heavy atom. The van der Waals surface area contributed by atoms with Crippen molar-refractivity contribution in [2.75, 3.05) is 6.54 Å². The van der Waals surface area contributed by atoms with Gasteiger partial charge >= 0.3 is 6.09 Å². The summed E-state index contributed by atoms with van der Waals surface area (Å²) in [7, 11) is 0. The molecule has 0 aromatic heterocycles. The van der Waals surface area contributed by atoms with Gasteiger partial charge in [0, 0.05) is 6.54 Å². The summed E-state index contributed by atoms with van der Waals surface area (Å²) in [5.41, 5.74) is -0.472. The molecule has 2 atom stereocenters. The number of nitriles is 1. The fraction of sp³-hybridized carbons (Fsp3) is 0.833. The number of likely N-dealkylation sites (tertiary alicyclic amines) is 1. The van der Waals surface area contributed by atoms with Crippen molar-refractivity contribution in [3.8, 4) is 6.07 Å². The monoisotopic (exact) mass is 224 g/mol. The first-order chi connectivity index (χ1) is 7.35. The minimum atomic E-state index is -0.472. The van der Waals surface area contributed by atoms with Crippen molar-refractivity contribution in [1.82, 2.24) is 4.90 Å². The van der Waals surface area contributed by atoms with Crippen molar-refractivity contribution in [3.63, 3.8) is 0 Å². The number of carbonyl (C=O) groups is 1. The Balaban J connectivity index is 2.65. The first kappa shape index (κ1) is 12.8. The molecule has 0 spiro atoms. The van der Waals surface area contributed by atoms with Crippen LogP contribution < -0.4 is 0 Å². The van der Waals surface area contributed by atoms with Crippen molar-refractivity contribution in [2.24, 2.45) is 5.92 Å². The minimum Gasteiger partial charge on any atom is -0.444 e. The number of rotatable bonds is 1. The van der Waals surface area contributed by atoms with E-state index in [0.717, 1.165) is 12.8 Å². The van der Waals surface area contributed by atoms with E-state index >= 15 is 0 Å². The van der Waals surface area contributed by atoms with Crippen LogP contribution in [0.25, 0.3) is 0 Å². The zero-order valence-corrected chi connectivity index (χ0v) is 10.5. The maximum atomic E-state index is 11.9. The average Bonchev–Trinajstić information content (AvgIpc) is 2.62. The Morgan fingerprint density at radius 3 is 2.69 bits per heavy atom. The van der Waals surface area contributed by atoms with E-state index in [9.17, 15) is 4.79 Å². The zero-order valence-electron chi connectivity index (χ0n) is 10.5. The summed E-state index contributed by atoms with van der Waals surface area (Å²) in [5.74, 6) is -0.130. The SMILES string of the molecule is CC(C#N)C1CCCN1C(=O)OC(C)(C)C. The van der Waals surface area contributed by atoms with Gasteiger partial charge in [-0.1, -0.05) is 0 Å². The van der Waals surface area contributed by atoms with Crippen LogP contribution in [-0.2, 0) is 4.74 Å². The highest BCUT2D eigenvalue weighted by Crippen LogP contribution is 2.25. The third-order valence-electron chi connectivity index (χ3n) is 2.71. The molecule has 1 rings (SSSR count). The Hall–Kier alpha value is -1.24. The molecular formula is C12H20N2O2. The largest absolute Gasteiger partial charge is 0.444 e. The zero-order chi connectivity index (χ0) is 12.3. The van der Waals surface area contributed by atoms with E-state index in [4.69, 9.17) is 10.00 Å². The predicted molar refractivity (Wildman–Crippen MR) is 60.7 cm³/mol. The highest BCUT2D eigenvalue weighted by molar-refractivity contribution is 5.69. The highest BCUT2D eigenvalue weighted by atomic mass is 16.6. The van der Waals surface area contributed by atoms with Gasteiger partial charge in [-0.15, -0.1) is 0 Å². The van der Waals surface area contributed by atoms with Crippen LogP contribution in [0.3, 0.4) is 0 Å². The van der Waals surface area contributed by atoms with Gasteiger partial charge in [0.2, 0.25) is 0 Å². The second-order valence-electron chi connectivity index (χ2n) is 5.30. The fourth-order valence-corrected chi connectivity index (χ4v) is 1.95. The van der Waals surface area contributed by atoms with Crippen molar-refractivity contribution in [1.29, 1.82) is 5.26 Å². The lowest BCUT2D eigenvalue weighted by Crippen LogP contribution is -2.42. The molecule has 1 fully saturated rings. The molecule has 1 amide bonds. The molecule has 1 saturated heterocycles. The average molecular weight is 224 g/mol. The molecule has 0 bridgehead atoms. The minimum absolute atomic E-state index is 0.0137. The lowest BCUT2D eigenvalue weighted by Gasteiger charge is -2.29. The maximum absolute atomic E-state index is 11.9. The van der Waals surface area contributed by atoms with Crippen LogP contribution in [0.2, 0.25) is 0 Å². The van der Waals surface area contributed by atoms with E-state index < -0.39 is 5.60 Å². The summed E-state index contributed by atoms with van der Waals surface area (Å²) in [6, 6.07) is 2.22. The molecule has 0 N–H and O–H groups in total. The fourth-order valence-electron chi connectivity index (χ4n) is 1.95. The summed E-state index contributed by atoms with van der Waals surface area (Å²) >= 11 is 0. The van der Waals surface area contributed by atoms with Crippen molar-refractivity contribution < 1.29 is 9.53 Å². The summed E-state index contributed by atoms with van der Waals surface area (Å²) in [6.45, 7) is 8.11. The highest BCUT2D eigenvalue weighted by Gasteiger charge is 2.35. The number of ether oxygens (including phenoxy) is 1. The van der Waals surface area contributed by atoms with E-state index in [-0.39, 0.29) is 18.1 Å². The number of carbonyl (C=O) groups excluding carboxylic acids is 1. The number of hydrogen-bond acceptors (Lipinski definition) is 3. The van der Waals surface area contributed by atoms with Crippen LogP contribution in [0.4, 0.5) is 4.79 Å². The van der Waals surface area contributed by atoms with Crippen molar-refractivity contribution in [3.05, 3.63) is 0 Å². The Morgan fingerprint density at radius 1 is 1.56 bits per heavy atom. The van der Waals surface area contributed by atoms with E-state index in [1.165, 1.54) is 0 Å². The number of amides is 1. The lowest BCUT2D eigenvalue weighted by molar-refractivity contribution is 0.0202. The second kappa shape index (κ2) is 4.73. The maximum Gasteiger partial charge on any atom is 0.410 e. The summed E-state index contributed by atoms with van der Waals surface area (Å²) in [4.78, 5) is 13.6. The topological polar surface area (TPSA) is 53.3 Å². The molecular weight excluding hydrogens is 204 g/mol. The van der Waals surface area contributed by atoms with E-state index in [1.54, 1.807) is 4.90 Å². The van der Waals surface area contributed by atoms with Crippen molar-refractivity contribution >= 4 is 6.09 Å². The predicted octanol–water partition coefficient (Wildman–Crippen LogP) is 2.55. The molecule has 16 heavy (non-hydrogen) atoms. The number of hydrogen-bond donors (Lipinski definition) is 0. The number of nitrogens with zero attached hydrogens (tertiary/aromatic N) is 2. The van der Waals surface area contributed by atoms with Gasteiger partial charge in [-0.25, -0.2) is 4.79 Å². The van der Waals surface area contributed by atoms with Gasteiger partial charge in [-0.05, 0) is 40.5 Å². The second-order valence-corrected chi connectivity index (χ2v) is 5.30. The summed E-state index contributed by atoms with van der Waals surface area (Å²) < 4.78 is 5.32. The molecule has 4 heteroatoms. The van der Waals surface area contributed by atoms with Crippen LogP contribution in [0.15, 0.2) is 0 Å². The molecule has 1 aliphatic heterocycles. The van der Waals surface area contributed by atoms with Gasteiger partial charge in [0.15, 0.2) is 0 Å². The Kier molecular flexibility index (Phi) is 3.79. The van der Waals surface area contributed by atoms with Crippen LogP contribution in [-0.4, -0.2) is 29.2 Å². The smallest absolute Gasteiger partial charge is 0.410 e. The van der Waals surface area contributed by atoms with Crippen LogP contribution >= 0.6 is 0 Å². The molecule has 0 aliphatic carbocycles. The van der Waals surface area contributed by atoms with Gasteiger partial charge in [-0.3, -0.25) is 0 Å². The van der Waals surface area contributed by atoms with E-state index in [2.05, 4.69) is 6.07 Å². The normalized spacial score (nSPS) is 22.7. The summed E-state index contributed by atoms with van der Waals surface area (Å²) in [5, 5.41) is 8.90. The van der Waals surface area contributed by atoms with Crippen LogP contribution in [0.5, 0.6) is 0 Å². The van der Waals surface area contributed by atoms with Crippen LogP contribution in [0, 0.1) is 17.2 Å². The first-order valence-electron chi connectivity index (χ1n) is 5.74. The third-order valence-corrected chi connectivity index (χ3v) is 2.71. The molecule has 4 nitrogen and oxygen atoms in total. The molecule has 0 aromatic carbocycles. The van der Waals surface area contributed by atoms with Gasteiger partial charge in [0.1, 0.15) is 5.60 Å². The quantitative estimate of drug-likeness (QED) is 0.687. The standard InChI is InChI=1S/C12H20N2O2/c1-9(8-13)10-6-5-7-14(10)11(15)16-12(2,3)4/h9-10H,5-7H2,1-4H3. The third kappa shape index (κ3) is 3.13. The molecule has 1 heterocycles. The van der Waals surface area contributed by atoms with Crippen molar-refractivity contribution in [2.45, 2.75) is 52.2 Å². The molecule has 2 unspecified atom stereocenters. The van der Waals surface area contributed by atoms with Gasteiger partial charge in [0.05, 0.1) is 18.0 Å². The molecule has 90 valence electrons. The molecule has 0 saturated carbocycles. The van der Waals surface area contributed by atoms with E-state index in [0.29, 0.717) is 6.54 Å². The Labute approximate surface area is 97.2 Å². The van der Waals surface area contributed by atoms with Crippen LogP contribution in [0.1, 0.15) is 40.5 Å². The van der Waals surface area contributed by atoms with Gasteiger partial charge < -0.3 is 9.64 Å². The first-order valence-corrected chi connectivity index (χ1v) is 5.74. The van der Waals surface area contributed by atoms with E-state index in [1.807, 2.05) is 27.7 Å². The Bertz CT molecular complexity index is 301. The van der Waals surface area contributed by atoms with Gasteiger partial charge in [-0.2, -0.15) is 5.26 Å². The molecule has 0 radical (unpaired) electrons.